The maximum absolute atomic E-state index is 11.9. The van der Waals surface area contributed by atoms with Crippen LogP contribution in [-0.4, -0.2) is 41.5 Å². The third-order valence-electron chi connectivity index (χ3n) is 5.41. The average Bonchev–Trinajstić information content (AvgIpc) is 2.77. The van der Waals surface area contributed by atoms with Crippen LogP contribution in [0.2, 0.25) is 0 Å². The molecule has 4 atom stereocenters. The summed E-state index contributed by atoms with van der Waals surface area (Å²) in [7, 11) is 0. The predicted molar refractivity (Wildman–Crippen MR) is 82.4 cm³/mol. The van der Waals surface area contributed by atoms with Crippen LogP contribution < -0.4 is 11.1 Å². The van der Waals surface area contributed by atoms with Crippen LogP contribution in [0.1, 0.15) is 53.4 Å². The van der Waals surface area contributed by atoms with Gasteiger partial charge >= 0.3 is 0 Å². The van der Waals surface area contributed by atoms with Gasteiger partial charge in [-0.15, -0.1) is 0 Å². The monoisotopic (exact) mass is 281 g/mol. The fraction of sp³-hybridized carbons (Fsp3) is 0.938. The molecule has 0 aromatic heterocycles. The molecular weight excluding hydrogens is 250 g/mol. The first-order valence-electron chi connectivity index (χ1n) is 8.15. The number of carbonyl (C=O) groups excluding carboxylic acids is 1. The molecule has 4 heteroatoms. The molecule has 0 radical (unpaired) electrons. The van der Waals surface area contributed by atoms with Gasteiger partial charge < -0.3 is 16.0 Å². The van der Waals surface area contributed by atoms with Crippen LogP contribution in [0.4, 0.5) is 0 Å². The number of nitrogens with zero attached hydrogens (tertiary/aromatic N) is 1. The lowest BCUT2D eigenvalue weighted by Gasteiger charge is -2.39. The molecule has 0 aromatic carbocycles. The van der Waals surface area contributed by atoms with Gasteiger partial charge in [0, 0.05) is 18.6 Å². The Morgan fingerprint density at radius 2 is 2.00 bits per heavy atom. The fourth-order valence-corrected chi connectivity index (χ4v) is 3.94. The van der Waals surface area contributed by atoms with Crippen molar-refractivity contribution in [3.8, 4) is 0 Å². The van der Waals surface area contributed by atoms with E-state index in [1.807, 2.05) is 0 Å². The number of amides is 1. The summed E-state index contributed by atoms with van der Waals surface area (Å²) in [6.07, 6.45) is 4.12. The van der Waals surface area contributed by atoms with Gasteiger partial charge in [0.1, 0.15) is 0 Å². The zero-order chi connectivity index (χ0) is 14.9. The number of rotatable bonds is 4. The number of likely N-dealkylation sites (tertiary alicyclic amines) is 1. The molecule has 1 saturated heterocycles. The molecule has 1 amide bonds. The summed E-state index contributed by atoms with van der Waals surface area (Å²) in [4.78, 5) is 14.5. The second-order valence-corrected chi connectivity index (χ2v) is 7.38. The molecule has 1 heterocycles. The lowest BCUT2D eigenvalue weighted by atomic mass is 9.87. The van der Waals surface area contributed by atoms with Crippen molar-refractivity contribution in [3.05, 3.63) is 0 Å². The highest BCUT2D eigenvalue weighted by Gasteiger charge is 2.46. The number of nitrogens with one attached hydrogen (secondary N) is 1. The molecule has 116 valence electrons. The van der Waals surface area contributed by atoms with Crippen molar-refractivity contribution in [3.63, 3.8) is 0 Å². The Morgan fingerprint density at radius 3 is 2.55 bits per heavy atom. The van der Waals surface area contributed by atoms with E-state index in [0.717, 1.165) is 31.1 Å². The number of carbonyl (C=O) groups is 1. The van der Waals surface area contributed by atoms with Gasteiger partial charge in [-0.3, -0.25) is 4.79 Å². The van der Waals surface area contributed by atoms with Gasteiger partial charge in [0.05, 0.1) is 5.54 Å². The van der Waals surface area contributed by atoms with E-state index >= 15 is 0 Å². The average molecular weight is 281 g/mol. The highest BCUT2D eigenvalue weighted by molar-refractivity contribution is 5.85. The largest absolute Gasteiger partial charge is 0.368 e. The van der Waals surface area contributed by atoms with E-state index in [0.29, 0.717) is 12.1 Å². The van der Waals surface area contributed by atoms with Crippen LogP contribution in [0.25, 0.3) is 0 Å². The molecule has 1 aliphatic heterocycles. The van der Waals surface area contributed by atoms with Crippen molar-refractivity contribution in [1.29, 1.82) is 0 Å². The maximum atomic E-state index is 11.9. The number of nitrogens with two attached hydrogens (primary N) is 1. The molecule has 2 fully saturated rings. The van der Waals surface area contributed by atoms with Gasteiger partial charge in [0.2, 0.25) is 5.91 Å². The zero-order valence-corrected chi connectivity index (χ0v) is 13.5. The second-order valence-electron chi connectivity index (χ2n) is 7.38. The third kappa shape index (κ3) is 3.17. The van der Waals surface area contributed by atoms with Crippen LogP contribution >= 0.6 is 0 Å². The van der Waals surface area contributed by atoms with Crippen molar-refractivity contribution < 1.29 is 4.79 Å². The normalized spacial score (nSPS) is 39.4. The van der Waals surface area contributed by atoms with Crippen LogP contribution in [0, 0.1) is 11.8 Å². The van der Waals surface area contributed by atoms with E-state index in [1.54, 1.807) is 0 Å². The summed E-state index contributed by atoms with van der Waals surface area (Å²) in [5.41, 5.74) is 5.22. The van der Waals surface area contributed by atoms with Gasteiger partial charge in [-0.05, 0) is 57.9 Å². The van der Waals surface area contributed by atoms with E-state index in [1.165, 1.54) is 19.5 Å². The van der Waals surface area contributed by atoms with E-state index in [2.05, 4.69) is 37.9 Å². The summed E-state index contributed by atoms with van der Waals surface area (Å²) in [5, 5.41) is 3.44. The van der Waals surface area contributed by atoms with Gasteiger partial charge in [-0.1, -0.05) is 13.8 Å². The molecule has 0 aromatic rings. The summed E-state index contributed by atoms with van der Waals surface area (Å²) in [6.45, 7) is 11.2. The number of piperidine rings is 1. The minimum Gasteiger partial charge on any atom is -0.368 e. The highest BCUT2D eigenvalue weighted by Crippen LogP contribution is 2.36. The van der Waals surface area contributed by atoms with Crippen molar-refractivity contribution in [2.24, 2.45) is 17.6 Å². The molecule has 2 rings (SSSR count). The van der Waals surface area contributed by atoms with Crippen LogP contribution in [0.15, 0.2) is 0 Å². The quantitative estimate of drug-likeness (QED) is 0.825. The van der Waals surface area contributed by atoms with Crippen molar-refractivity contribution in [1.82, 2.24) is 10.2 Å². The van der Waals surface area contributed by atoms with Gasteiger partial charge in [-0.2, -0.15) is 0 Å². The molecule has 1 saturated carbocycles. The Morgan fingerprint density at radius 1 is 1.30 bits per heavy atom. The highest BCUT2D eigenvalue weighted by atomic mass is 16.1. The van der Waals surface area contributed by atoms with Crippen LogP contribution in [-0.2, 0) is 4.79 Å². The van der Waals surface area contributed by atoms with Gasteiger partial charge in [0.15, 0.2) is 0 Å². The van der Waals surface area contributed by atoms with Crippen LogP contribution in [0.3, 0.4) is 0 Å². The Bertz CT molecular complexity index is 358. The first-order chi connectivity index (χ1) is 9.34. The first kappa shape index (κ1) is 15.8. The topological polar surface area (TPSA) is 58.4 Å². The predicted octanol–water partition coefficient (Wildman–Crippen LogP) is 1.74. The Hall–Kier alpha value is -0.610. The summed E-state index contributed by atoms with van der Waals surface area (Å²) in [5.74, 6) is 1.40. The van der Waals surface area contributed by atoms with Crippen molar-refractivity contribution >= 4 is 5.91 Å². The third-order valence-corrected chi connectivity index (χ3v) is 5.41. The standard InChI is InChI=1S/C16H31N3O/c1-11(2)18-16(15(17)20)7-5-14(9-16)19-8-6-12(3)13(4)10-19/h11-14,18H,5-10H2,1-4H3,(H2,17,20). The smallest absolute Gasteiger partial charge is 0.237 e. The minimum atomic E-state index is -0.481. The molecular formula is C16H31N3O. The van der Waals surface area contributed by atoms with E-state index in [9.17, 15) is 4.79 Å². The SMILES string of the molecule is CC(C)NC1(C(N)=O)CCC(N2CCC(C)C(C)C2)C1. The number of primary amides is 1. The van der Waals surface area contributed by atoms with E-state index in [4.69, 9.17) is 5.73 Å². The van der Waals surface area contributed by atoms with Crippen LogP contribution in [0.5, 0.6) is 0 Å². The number of hydrogen-bond donors (Lipinski definition) is 2. The Balaban J connectivity index is 2.01. The van der Waals surface area contributed by atoms with E-state index < -0.39 is 5.54 Å². The lowest BCUT2D eigenvalue weighted by molar-refractivity contribution is -0.124. The first-order valence-corrected chi connectivity index (χ1v) is 8.15. The number of hydrogen-bond acceptors (Lipinski definition) is 3. The van der Waals surface area contributed by atoms with Crippen molar-refractivity contribution in [2.75, 3.05) is 13.1 Å². The molecule has 4 unspecified atom stereocenters. The molecule has 4 nitrogen and oxygen atoms in total. The molecule has 1 aliphatic carbocycles. The maximum Gasteiger partial charge on any atom is 0.237 e. The van der Waals surface area contributed by atoms with Gasteiger partial charge in [-0.25, -0.2) is 0 Å². The van der Waals surface area contributed by atoms with E-state index in [-0.39, 0.29) is 5.91 Å². The summed E-state index contributed by atoms with van der Waals surface area (Å²) >= 11 is 0. The van der Waals surface area contributed by atoms with Crippen molar-refractivity contribution in [2.45, 2.75) is 71.0 Å². The molecule has 20 heavy (non-hydrogen) atoms. The molecule has 3 N–H and O–H groups in total. The zero-order valence-electron chi connectivity index (χ0n) is 13.5. The Labute approximate surface area is 123 Å². The summed E-state index contributed by atoms with van der Waals surface area (Å²) < 4.78 is 0. The molecule has 0 bridgehead atoms. The molecule has 0 spiro atoms. The Kier molecular flexibility index (Phi) is 4.75. The fourth-order valence-electron chi connectivity index (χ4n) is 3.94. The summed E-state index contributed by atoms with van der Waals surface area (Å²) in [6, 6.07) is 0.810. The van der Waals surface area contributed by atoms with Gasteiger partial charge in [0.25, 0.3) is 0 Å². The minimum absolute atomic E-state index is 0.174. The lowest BCUT2D eigenvalue weighted by Crippen LogP contribution is -2.57. The molecule has 2 aliphatic rings. The second kappa shape index (κ2) is 6.02.